The number of carbonyl (C=O) groups excluding carboxylic acids is 1. The zero-order chi connectivity index (χ0) is 16.1. The van der Waals surface area contributed by atoms with Gasteiger partial charge in [-0.1, -0.05) is 24.4 Å². The Bertz CT molecular complexity index is 645. The monoisotopic (exact) mass is 319 g/mol. The highest BCUT2D eigenvalue weighted by atomic mass is 16.5. The maximum absolute atomic E-state index is 11.8. The summed E-state index contributed by atoms with van der Waals surface area (Å²) in [5.74, 6) is 2.22. The minimum atomic E-state index is -0.0997. The van der Waals surface area contributed by atoms with E-state index in [4.69, 9.17) is 4.52 Å². The van der Waals surface area contributed by atoms with Gasteiger partial charge in [0.25, 0.3) is 0 Å². The first-order valence-corrected chi connectivity index (χ1v) is 8.04. The Labute approximate surface area is 133 Å². The molecule has 0 atom stereocenters. The summed E-state index contributed by atoms with van der Waals surface area (Å²) in [6.45, 7) is 2.50. The van der Waals surface area contributed by atoms with Crippen molar-refractivity contribution in [3.05, 3.63) is 17.5 Å². The van der Waals surface area contributed by atoms with E-state index >= 15 is 0 Å². The number of nitrogens with one attached hydrogen (secondary N) is 1. The molecule has 1 amide bonds. The Balaban J connectivity index is 1.43. The van der Waals surface area contributed by atoms with Crippen LogP contribution in [0.2, 0.25) is 0 Å². The number of hydrogen-bond acceptors (Lipinski definition) is 7. The minimum Gasteiger partial charge on any atom is -0.347 e. The molecule has 2 aromatic rings. The topological polar surface area (TPSA) is 112 Å². The molecule has 0 saturated heterocycles. The predicted molar refractivity (Wildman–Crippen MR) is 79.1 cm³/mol. The van der Waals surface area contributed by atoms with Gasteiger partial charge in [-0.2, -0.15) is 4.98 Å². The molecule has 9 heteroatoms. The van der Waals surface area contributed by atoms with Crippen LogP contribution >= 0.6 is 0 Å². The molecule has 0 radical (unpaired) electrons. The van der Waals surface area contributed by atoms with E-state index in [1.54, 1.807) is 11.6 Å². The highest BCUT2D eigenvalue weighted by Gasteiger charge is 2.20. The number of carbonyl (C=O) groups is 1. The fraction of sp³-hybridized carbons (Fsp3) is 0.714. The van der Waals surface area contributed by atoms with Crippen LogP contribution in [0.25, 0.3) is 0 Å². The first-order valence-electron chi connectivity index (χ1n) is 8.04. The zero-order valence-electron chi connectivity index (χ0n) is 13.2. The lowest BCUT2D eigenvalue weighted by Crippen LogP contribution is -2.24. The summed E-state index contributed by atoms with van der Waals surface area (Å²) in [5.41, 5.74) is 0. The molecular formula is C14H21N7O2. The van der Waals surface area contributed by atoms with Crippen LogP contribution in [-0.2, 0) is 17.9 Å². The van der Waals surface area contributed by atoms with Gasteiger partial charge < -0.3 is 9.84 Å². The normalized spacial score (nSPS) is 15.7. The molecule has 1 fully saturated rings. The highest BCUT2D eigenvalue weighted by molar-refractivity contribution is 5.75. The summed E-state index contributed by atoms with van der Waals surface area (Å²) in [4.78, 5) is 16.2. The molecule has 1 saturated carbocycles. The molecule has 9 nitrogen and oxygen atoms in total. The van der Waals surface area contributed by atoms with Gasteiger partial charge >= 0.3 is 0 Å². The van der Waals surface area contributed by atoms with Gasteiger partial charge in [-0.25, -0.2) is 4.68 Å². The fourth-order valence-electron chi connectivity index (χ4n) is 2.79. The van der Waals surface area contributed by atoms with Gasteiger partial charge in [-0.3, -0.25) is 4.79 Å². The first kappa shape index (κ1) is 15.6. The molecule has 0 unspecified atom stereocenters. The van der Waals surface area contributed by atoms with Crippen molar-refractivity contribution < 1.29 is 9.32 Å². The SMILES string of the molecule is Cc1nnnn1CCC(=O)NCc1nc(C2CCCCC2)no1. The molecule has 23 heavy (non-hydrogen) atoms. The summed E-state index contributed by atoms with van der Waals surface area (Å²) < 4.78 is 6.82. The molecule has 2 heterocycles. The summed E-state index contributed by atoms with van der Waals surface area (Å²) in [6.07, 6.45) is 6.28. The summed E-state index contributed by atoms with van der Waals surface area (Å²) >= 11 is 0. The van der Waals surface area contributed by atoms with E-state index in [-0.39, 0.29) is 12.5 Å². The van der Waals surface area contributed by atoms with E-state index in [0.717, 1.165) is 18.7 Å². The summed E-state index contributed by atoms with van der Waals surface area (Å²) in [7, 11) is 0. The number of amides is 1. The average molecular weight is 319 g/mol. The van der Waals surface area contributed by atoms with E-state index in [2.05, 4.69) is 31.0 Å². The quantitative estimate of drug-likeness (QED) is 0.849. The molecule has 3 rings (SSSR count). The van der Waals surface area contributed by atoms with Crippen LogP contribution in [0.3, 0.4) is 0 Å². The van der Waals surface area contributed by atoms with Crippen LogP contribution in [0.1, 0.15) is 62.0 Å². The number of hydrogen-bond donors (Lipinski definition) is 1. The summed E-state index contributed by atoms with van der Waals surface area (Å²) in [5, 5.41) is 17.9. The average Bonchev–Trinajstić information content (AvgIpc) is 3.21. The Morgan fingerprint density at radius 2 is 2.17 bits per heavy atom. The molecule has 1 N–H and O–H groups in total. The molecule has 0 aromatic carbocycles. The smallest absolute Gasteiger partial charge is 0.246 e. The van der Waals surface area contributed by atoms with Gasteiger partial charge in [0.2, 0.25) is 11.8 Å². The minimum absolute atomic E-state index is 0.0997. The van der Waals surface area contributed by atoms with Crippen molar-refractivity contribution in [1.82, 2.24) is 35.7 Å². The van der Waals surface area contributed by atoms with Gasteiger partial charge in [0, 0.05) is 12.3 Å². The van der Waals surface area contributed by atoms with Crippen molar-refractivity contribution in [3.63, 3.8) is 0 Å². The Morgan fingerprint density at radius 3 is 2.91 bits per heavy atom. The van der Waals surface area contributed by atoms with Crippen molar-refractivity contribution in [2.75, 3.05) is 0 Å². The standard InChI is InChI=1S/C14H21N7O2/c1-10-17-19-20-21(10)8-7-12(22)15-9-13-16-14(18-23-13)11-5-3-2-4-6-11/h11H,2-9H2,1H3,(H,15,22). The van der Waals surface area contributed by atoms with Crippen molar-refractivity contribution in [2.45, 2.75) is 64.5 Å². The first-order chi connectivity index (χ1) is 11.2. The van der Waals surface area contributed by atoms with Gasteiger partial charge in [-0.15, -0.1) is 5.10 Å². The zero-order valence-corrected chi connectivity index (χ0v) is 13.2. The second kappa shape index (κ2) is 7.30. The number of aromatic nitrogens is 6. The van der Waals surface area contributed by atoms with Crippen molar-refractivity contribution in [3.8, 4) is 0 Å². The van der Waals surface area contributed by atoms with E-state index in [1.807, 2.05) is 0 Å². The van der Waals surface area contributed by atoms with Gasteiger partial charge in [0.05, 0.1) is 13.1 Å². The predicted octanol–water partition coefficient (Wildman–Crippen LogP) is 1.12. The molecule has 0 bridgehead atoms. The Morgan fingerprint density at radius 1 is 1.35 bits per heavy atom. The fourth-order valence-corrected chi connectivity index (χ4v) is 2.79. The van der Waals surface area contributed by atoms with Crippen LogP contribution in [0.4, 0.5) is 0 Å². The molecule has 1 aliphatic carbocycles. The van der Waals surface area contributed by atoms with Crippen LogP contribution in [0, 0.1) is 6.92 Å². The highest BCUT2D eigenvalue weighted by Crippen LogP contribution is 2.30. The number of aryl methyl sites for hydroxylation is 2. The van der Waals surface area contributed by atoms with Gasteiger partial charge in [-0.05, 0) is 30.2 Å². The van der Waals surface area contributed by atoms with Gasteiger partial charge in [0.1, 0.15) is 5.82 Å². The molecule has 0 aliphatic heterocycles. The lowest BCUT2D eigenvalue weighted by Gasteiger charge is -2.17. The molecule has 0 spiro atoms. The molecule has 124 valence electrons. The van der Waals surface area contributed by atoms with Crippen molar-refractivity contribution in [1.29, 1.82) is 0 Å². The third kappa shape index (κ3) is 4.11. The second-order valence-electron chi connectivity index (χ2n) is 5.86. The van der Waals surface area contributed by atoms with Crippen molar-refractivity contribution in [2.24, 2.45) is 0 Å². The van der Waals surface area contributed by atoms with E-state index in [1.165, 1.54) is 19.3 Å². The molecule has 1 aliphatic rings. The van der Waals surface area contributed by atoms with E-state index in [0.29, 0.717) is 30.6 Å². The maximum atomic E-state index is 11.8. The lowest BCUT2D eigenvalue weighted by atomic mass is 9.89. The second-order valence-corrected chi connectivity index (χ2v) is 5.86. The summed E-state index contributed by atoms with van der Waals surface area (Å²) in [6, 6.07) is 0. The molecule has 2 aromatic heterocycles. The van der Waals surface area contributed by atoms with E-state index in [9.17, 15) is 4.79 Å². The third-order valence-electron chi connectivity index (χ3n) is 4.15. The van der Waals surface area contributed by atoms with Crippen LogP contribution < -0.4 is 5.32 Å². The van der Waals surface area contributed by atoms with Crippen molar-refractivity contribution >= 4 is 5.91 Å². The number of nitrogens with zero attached hydrogens (tertiary/aromatic N) is 6. The Hall–Kier alpha value is -2.32. The Kier molecular flexibility index (Phi) is 4.94. The maximum Gasteiger partial charge on any atom is 0.246 e. The van der Waals surface area contributed by atoms with Crippen LogP contribution in [0.15, 0.2) is 4.52 Å². The lowest BCUT2D eigenvalue weighted by molar-refractivity contribution is -0.121. The largest absolute Gasteiger partial charge is 0.347 e. The number of tetrazole rings is 1. The van der Waals surface area contributed by atoms with Gasteiger partial charge in [0.15, 0.2) is 5.82 Å². The van der Waals surface area contributed by atoms with E-state index < -0.39 is 0 Å². The van der Waals surface area contributed by atoms with Crippen LogP contribution in [0.5, 0.6) is 0 Å². The molecular weight excluding hydrogens is 298 g/mol. The number of rotatable bonds is 6. The van der Waals surface area contributed by atoms with Crippen LogP contribution in [-0.4, -0.2) is 36.3 Å². The third-order valence-corrected chi connectivity index (χ3v) is 4.15.